The molecule has 1 nitrogen and oxygen atoms in total. The molecule has 0 aliphatic heterocycles. The summed E-state index contributed by atoms with van der Waals surface area (Å²) in [6.45, 7) is 2.25. The van der Waals surface area contributed by atoms with Crippen LogP contribution in [0.5, 0.6) is 0 Å². The van der Waals surface area contributed by atoms with Crippen LogP contribution in [0.4, 0.5) is 0 Å². The number of nitrogens with one attached hydrogen (secondary N) is 1. The fourth-order valence-electron chi connectivity index (χ4n) is 3.84. The molecule has 0 saturated heterocycles. The molecule has 1 heterocycles. The molecule has 1 N–H and O–H groups in total. The molecule has 3 aromatic rings. The maximum atomic E-state index is 3.78. The lowest BCUT2D eigenvalue weighted by molar-refractivity contribution is -0.377. The van der Waals surface area contributed by atoms with Gasteiger partial charge in [-0.3, -0.25) is 0 Å². The second-order valence-electron chi connectivity index (χ2n) is 6.25. The summed E-state index contributed by atoms with van der Waals surface area (Å²) < 4.78 is 0. The first-order valence-electron chi connectivity index (χ1n) is 8.59. The Balaban J connectivity index is 2.04. The van der Waals surface area contributed by atoms with Crippen LogP contribution in [0.25, 0.3) is 22.4 Å². The average Bonchev–Trinajstić information content (AvgIpc) is 3.11. The smallest absolute Gasteiger partial charge is 0.208 e. The van der Waals surface area contributed by atoms with Gasteiger partial charge in [0.2, 0.25) is 5.69 Å². The largest absolute Gasteiger partial charge is 0.219 e. The number of fused-ring (bicyclic) bond motifs is 1. The molecule has 1 aliphatic carbocycles. The van der Waals surface area contributed by atoms with Gasteiger partial charge in [-0.25, -0.2) is 4.98 Å². The summed E-state index contributed by atoms with van der Waals surface area (Å²) in [5.41, 5.74) is 9.81. The number of aryl methyl sites for hydroxylation is 1. The van der Waals surface area contributed by atoms with Gasteiger partial charge in [-0.15, -0.1) is 0 Å². The molecular weight excluding hydrogens is 278 g/mol. The summed E-state index contributed by atoms with van der Waals surface area (Å²) in [5, 5.41) is 0. The van der Waals surface area contributed by atoms with Crippen molar-refractivity contribution >= 4 is 0 Å². The molecule has 114 valence electrons. The van der Waals surface area contributed by atoms with Gasteiger partial charge in [-0.2, -0.15) is 0 Å². The monoisotopic (exact) mass is 300 g/mol. The summed E-state index contributed by atoms with van der Waals surface area (Å²) in [6, 6.07) is 21.6. The molecule has 0 unspecified atom stereocenters. The van der Waals surface area contributed by atoms with Crippen LogP contribution in [0.2, 0.25) is 0 Å². The van der Waals surface area contributed by atoms with E-state index in [-0.39, 0.29) is 0 Å². The van der Waals surface area contributed by atoms with E-state index in [1.807, 2.05) is 0 Å². The van der Waals surface area contributed by atoms with Crippen LogP contribution in [-0.4, -0.2) is 0 Å². The van der Waals surface area contributed by atoms with Crippen LogP contribution in [0, 0.1) is 0 Å². The van der Waals surface area contributed by atoms with Crippen molar-refractivity contribution in [2.24, 2.45) is 0 Å². The summed E-state index contributed by atoms with van der Waals surface area (Å²) in [7, 11) is 0. The van der Waals surface area contributed by atoms with Gasteiger partial charge in [0.05, 0.1) is 5.56 Å². The summed E-state index contributed by atoms with van der Waals surface area (Å²) in [6.07, 6.45) is 4.75. The SMILES string of the molecule is CCc1[nH+]c(-c2ccccc2)c(-c2ccccc2)c2c1CCC2. The minimum atomic E-state index is 1.07. The second-order valence-corrected chi connectivity index (χ2v) is 6.25. The Bertz CT molecular complexity index is 820. The zero-order valence-corrected chi connectivity index (χ0v) is 13.6. The predicted molar refractivity (Wildman–Crippen MR) is 95.3 cm³/mol. The predicted octanol–water partition coefficient (Wildman–Crippen LogP) is 4.89. The number of H-pyrrole nitrogens is 1. The summed E-state index contributed by atoms with van der Waals surface area (Å²) in [4.78, 5) is 3.78. The highest BCUT2D eigenvalue weighted by molar-refractivity contribution is 5.82. The third-order valence-corrected chi connectivity index (χ3v) is 4.89. The lowest BCUT2D eigenvalue weighted by Gasteiger charge is -2.12. The van der Waals surface area contributed by atoms with E-state index in [2.05, 4.69) is 72.6 Å². The van der Waals surface area contributed by atoms with Crippen LogP contribution < -0.4 is 4.98 Å². The minimum Gasteiger partial charge on any atom is -0.208 e. The third kappa shape index (κ3) is 2.46. The lowest BCUT2D eigenvalue weighted by Crippen LogP contribution is -2.19. The molecule has 0 saturated carbocycles. The molecule has 4 rings (SSSR count). The van der Waals surface area contributed by atoms with Gasteiger partial charge in [0, 0.05) is 17.5 Å². The van der Waals surface area contributed by atoms with Gasteiger partial charge >= 0.3 is 0 Å². The Morgan fingerprint density at radius 3 is 2.04 bits per heavy atom. The summed E-state index contributed by atoms with van der Waals surface area (Å²) in [5.74, 6) is 0. The highest BCUT2D eigenvalue weighted by Gasteiger charge is 2.28. The van der Waals surface area contributed by atoms with E-state index in [9.17, 15) is 0 Å². The van der Waals surface area contributed by atoms with Gasteiger partial charge in [0.1, 0.15) is 0 Å². The van der Waals surface area contributed by atoms with Gasteiger partial charge < -0.3 is 0 Å². The number of hydrogen-bond acceptors (Lipinski definition) is 0. The number of aromatic nitrogens is 1. The molecule has 0 spiro atoms. The molecule has 23 heavy (non-hydrogen) atoms. The lowest BCUT2D eigenvalue weighted by atomic mass is 9.91. The first-order valence-corrected chi connectivity index (χ1v) is 8.59. The zero-order valence-electron chi connectivity index (χ0n) is 13.6. The fourth-order valence-corrected chi connectivity index (χ4v) is 3.84. The third-order valence-electron chi connectivity index (χ3n) is 4.89. The topological polar surface area (TPSA) is 14.1 Å². The van der Waals surface area contributed by atoms with Gasteiger partial charge in [0.15, 0.2) is 5.69 Å². The van der Waals surface area contributed by atoms with Crippen LogP contribution in [-0.2, 0) is 19.3 Å². The zero-order chi connectivity index (χ0) is 15.6. The van der Waals surface area contributed by atoms with Crippen LogP contribution in [0.3, 0.4) is 0 Å². The Morgan fingerprint density at radius 2 is 1.39 bits per heavy atom. The van der Waals surface area contributed by atoms with Crippen molar-refractivity contribution in [1.29, 1.82) is 0 Å². The Kier molecular flexibility index (Phi) is 3.70. The van der Waals surface area contributed by atoms with E-state index in [1.165, 1.54) is 47.3 Å². The van der Waals surface area contributed by atoms with Crippen LogP contribution in [0.15, 0.2) is 60.7 Å². The highest BCUT2D eigenvalue weighted by atomic mass is 14.7. The van der Waals surface area contributed by atoms with E-state index >= 15 is 0 Å². The van der Waals surface area contributed by atoms with Crippen LogP contribution in [0.1, 0.15) is 30.2 Å². The first-order chi connectivity index (χ1) is 11.4. The normalized spacial score (nSPS) is 13.1. The van der Waals surface area contributed by atoms with E-state index in [0.29, 0.717) is 0 Å². The minimum absolute atomic E-state index is 1.07. The molecule has 1 heteroatoms. The second kappa shape index (κ2) is 6.00. The van der Waals surface area contributed by atoms with E-state index in [4.69, 9.17) is 0 Å². The highest BCUT2D eigenvalue weighted by Crippen LogP contribution is 2.38. The molecule has 0 atom stereocenters. The molecule has 0 fully saturated rings. The van der Waals surface area contributed by atoms with Crippen molar-refractivity contribution < 1.29 is 4.98 Å². The molecule has 0 radical (unpaired) electrons. The molecule has 0 amide bonds. The Morgan fingerprint density at radius 1 is 0.783 bits per heavy atom. The quantitative estimate of drug-likeness (QED) is 0.654. The van der Waals surface area contributed by atoms with Crippen LogP contribution >= 0.6 is 0 Å². The number of hydrogen-bond donors (Lipinski definition) is 0. The molecule has 2 aromatic carbocycles. The maximum Gasteiger partial charge on any atom is 0.219 e. The maximum absolute atomic E-state index is 3.78. The standard InChI is InChI=1S/C22H21N/c1-2-20-18-14-9-15-19(18)21(16-10-5-3-6-11-16)22(23-20)17-12-7-4-8-13-17/h3-8,10-13H,2,9,14-15H2,1H3/p+1. The van der Waals surface area contributed by atoms with E-state index < -0.39 is 0 Å². The van der Waals surface area contributed by atoms with E-state index in [1.54, 1.807) is 11.1 Å². The van der Waals surface area contributed by atoms with Gasteiger partial charge in [0.25, 0.3) is 0 Å². The number of aromatic amines is 1. The average molecular weight is 300 g/mol. The molecule has 1 aliphatic rings. The van der Waals surface area contributed by atoms with Crippen molar-refractivity contribution in [1.82, 2.24) is 0 Å². The fraction of sp³-hybridized carbons (Fsp3) is 0.227. The van der Waals surface area contributed by atoms with Gasteiger partial charge in [-0.1, -0.05) is 55.5 Å². The van der Waals surface area contributed by atoms with E-state index in [0.717, 1.165) is 6.42 Å². The molecule has 1 aromatic heterocycles. The molecular formula is C22H22N+. The van der Waals surface area contributed by atoms with Crippen molar-refractivity contribution in [3.05, 3.63) is 77.5 Å². The Hall–Kier alpha value is -2.41. The van der Waals surface area contributed by atoms with Crippen molar-refractivity contribution in [2.75, 3.05) is 0 Å². The number of rotatable bonds is 3. The number of pyridine rings is 1. The molecule has 0 bridgehead atoms. The summed E-state index contributed by atoms with van der Waals surface area (Å²) >= 11 is 0. The first kappa shape index (κ1) is 14.2. The van der Waals surface area contributed by atoms with Crippen molar-refractivity contribution in [3.8, 4) is 22.4 Å². The van der Waals surface area contributed by atoms with Gasteiger partial charge in [-0.05, 0) is 42.5 Å². The Labute approximate surface area is 138 Å². The number of benzene rings is 2. The van der Waals surface area contributed by atoms with Crippen molar-refractivity contribution in [2.45, 2.75) is 32.6 Å². The van der Waals surface area contributed by atoms with Crippen molar-refractivity contribution in [3.63, 3.8) is 0 Å².